The Bertz CT molecular complexity index is 1000. The fourth-order valence-electron chi connectivity index (χ4n) is 3.70. The molecular weight excluding hydrogens is 342 g/mol. The van der Waals surface area contributed by atoms with Gasteiger partial charge in [0.05, 0.1) is 22.9 Å². The highest BCUT2D eigenvalue weighted by Crippen LogP contribution is 2.43. The Hall–Kier alpha value is -2.89. The van der Waals surface area contributed by atoms with Crippen LogP contribution in [0.3, 0.4) is 0 Å². The maximum absolute atomic E-state index is 11.7. The Balaban J connectivity index is 1.76. The molecule has 0 bridgehead atoms. The van der Waals surface area contributed by atoms with E-state index in [9.17, 15) is 9.90 Å². The van der Waals surface area contributed by atoms with Crippen LogP contribution in [0, 0.1) is 0 Å². The molecule has 6 nitrogen and oxygen atoms in total. The van der Waals surface area contributed by atoms with Gasteiger partial charge in [0.1, 0.15) is 5.75 Å². The van der Waals surface area contributed by atoms with E-state index in [2.05, 4.69) is 4.98 Å². The lowest BCUT2D eigenvalue weighted by molar-refractivity contribution is 0.0688. The van der Waals surface area contributed by atoms with E-state index in [0.29, 0.717) is 17.3 Å². The molecule has 0 saturated heterocycles. The number of hydrogen-bond acceptors (Lipinski definition) is 4. The van der Waals surface area contributed by atoms with E-state index in [4.69, 9.17) is 9.84 Å². The summed E-state index contributed by atoms with van der Waals surface area (Å²) in [7, 11) is 0. The van der Waals surface area contributed by atoms with Gasteiger partial charge in [-0.15, -0.1) is 0 Å². The van der Waals surface area contributed by atoms with Gasteiger partial charge in [-0.2, -0.15) is 5.10 Å². The predicted molar refractivity (Wildman–Crippen MR) is 101 cm³/mol. The van der Waals surface area contributed by atoms with Gasteiger partial charge < -0.3 is 9.84 Å². The molecule has 2 aromatic heterocycles. The number of nitrogens with zero attached hydrogens (tertiary/aromatic N) is 3. The molecule has 2 aliphatic rings. The molecule has 138 valence electrons. The van der Waals surface area contributed by atoms with Crippen LogP contribution >= 0.6 is 0 Å². The summed E-state index contributed by atoms with van der Waals surface area (Å²) in [6.07, 6.45) is 6.74. The number of fused-ring (bicyclic) bond motifs is 1. The van der Waals surface area contributed by atoms with Gasteiger partial charge in [0.2, 0.25) is 0 Å². The Kier molecular flexibility index (Phi) is 3.85. The second-order valence-corrected chi connectivity index (χ2v) is 7.44. The van der Waals surface area contributed by atoms with E-state index in [-0.39, 0.29) is 11.8 Å². The fraction of sp³-hybridized carbons (Fsp3) is 0.381. The van der Waals surface area contributed by atoms with Crippen molar-refractivity contribution in [2.24, 2.45) is 0 Å². The van der Waals surface area contributed by atoms with Crippen molar-refractivity contribution >= 4 is 17.0 Å². The van der Waals surface area contributed by atoms with Crippen molar-refractivity contribution in [3.8, 4) is 11.4 Å². The van der Waals surface area contributed by atoms with Crippen LogP contribution in [0.4, 0.5) is 0 Å². The lowest BCUT2D eigenvalue weighted by Gasteiger charge is -2.28. The maximum Gasteiger partial charge on any atom is 0.354 e. The van der Waals surface area contributed by atoms with E-state index in [1.807, 2.05) is 30.3 Å². The largest absolute Gasteiger partial charge is 0.490 e. The molecule has 1 N–H and O–H groups in total. The Morgan fingerprint density at radius 2 is 1.85 bits per heavy atom. The number of para-hydroxylation sites is 1. The first-order valence-electron chi connectivity index (χ1n) is 9.60. The molecule has 0 unspecified atom stereocenters. The molecule has 0 aliphatic heterocycles. The van der Waals surface area contributed by atoms with Gasteiger partial charge in [0.25, 0.3) is 0 Å². The van der Waals surface area contributed by atoms with Crippen LogP contribution in [0.1, 0.15) is 60.6 Å². The van der Waals surface area contributed by atoms with Crippen molar-refractivity contribution in [3.63, 3.8) is 0 Å². The zero-order valence-electron chi connectivity index (χ0n) is 15.0. The summed E-state index contributed by atoms with van der Waals surface area (Å²) in [5, 5.41) is 15.3. The third-order valence-electron chi connectivity index (χ3n) is 5.69. The lowest BCUT2D eigenvalue weighted by atomic mass is 9.82. The molecule has 0 amide bonds. The van der Waals surface area contributed by atoms with Crippen molar-refractivity contribution in [1.29, 1.82) is 0 Å². The lowest BCUT2D eigenvalue weighted by Crippen LogP contribution is -2.25. The molecule has 2 aliphatic carbocycles. The van der Waals surface area contributed by atoms with Crippen molar-refractivity contribution in [3.05, 3.63) is 47.8 Å². The molecule has 0 radical (unpaired) electrons. The first-order valence-corrected chi connectivity index (χ1v) is 9.60. The zero-order chi connectivity index (χ0) is 18.4. The Labute approximate surface area is 156 Å². The molecule has 2 heterocycles. The summed E-state index contributed by atoms with van der Waals surface area (Å²) in [5.74, 6) is -0.0498. The van der Waals surface area contributed by atoms with Crippen LogP contribution in [0.25, 0.3) is 16.7 Å². The number of ether oxygens (including phenoxy) is 1. The number of carboxylic acid groups (broad SMARTS) is 1. The number of carboxylic acids is 1. The molecule has 2 saturated carbocycles. The summed E-state index contributed by atoms with van der Waals surface area (Å²) in [6.45, 7) is 0. The molecular formula is C21H21N3O3. The van der Waals surface area contributed by atoms with E-state index in [0.717, 1.165) is 48.9 Å². The molecule has 3 aromatic rings. The number of aromatic nitrogens is 3. The summed E-state index contributed by atoms with van der Waals surface area (Å²) in [4.78, 5) is 16.1. The monoisotopic (exact) mass is 363 g/mol. The zero-order valence-corrected chi connectivity index (χ0v) is 15.0. The van der Waals surface area contributed by atoms with E-state index in [1.165, 1.54) is 6.42 Å². The third kappa shape index (κ3) is 2.76. The molecule has 5 rings (SSSR count). The maximum atomic E-state index is 11.7. The third-order valence-corrected chi connectivity index (χ3v) is 5.69. The number of pyridine rings is 1. The highest BCUT2D eigenvalue weighted by atomic mass is 16.5. The second-order valence-electron chi connectivity index (χ2n) is 7.44. The average Bonchev–Trinajstić information content (AvgIpc) is 2.96. The van der Waals surface area contributed by atoms with E-state index in [1.54, 1.807) is 10.7 Å². The van der Waals surface area contributed by atoms with E-state index < -0.39 is 5.97 Å². The van der Waals surface area contributed by atoms with E-state index >= 15 is 0 Å². The molecule has 0 atom stereocenters. The molecule has 2 fully saturated rings. The van der Waals surface area contributed by atoms with Crippen molar-refractivity contribution in [1.82, 2.24) is 14.8 Å². The SMILES string of the molecule is O=C(O)c1cc(OC2CCC2)c2c(C3CCC3)nn(-c3ccccc3)c2n1. The van der Waals surface area contributed by atoms with Crippen LogP contribution in [0.5, 0.6) is 5.75 Å². The van der Waals surface area contributed by atoms with Crippen LogP contribution in [-0.2, 0) is 0 Å². The Morgan fingerprint density at radius 1 is 1.11 bits per heavy atom. The first kappa shape index (κ1) is 16.3. The fourth-order valence-corrected chi connectivity index (χ4v) is 3.70. The van der Waals surface area contributed by atoms with Crippen LogP contribution in [0.2, 0.25) is 0 Å². The minimum Gasteiger partial charge on any atom is -0.490 e. The summed E-state index contributed by atoms with van der Waals surface area (Å²) < 4.78 is 7.97. The highest BCUT2D eigenvalue weighted by Gasteiger charge is 2.31. The Morgan fingerprint density at radius 3 is 2.44 bits per heavy atom. The van der Waals surface area contributed by atoms with Crippen LogP contribution in [-0.4, -0.2) is 31.9 Å². The van der Waals surface area contributed by atoms with Gasteiger partial charge in [-0.3, -0.25) is 0 Å². The van der Waals surface area contributed by atoms with Gasteiger partial charge in [-0.25, -0.2) is 14.5 Å². The van der Waals surface area contributed by atoms with Gasteiger partial charge in [0, 0.05) is 12.0 Å². The quantitative estimate of drug-likeness (QED) is 0.730. The van der Waals surface area contributed by atoms with Gasteiger partial charge in [-0.1, -0.05) is 24.6 Å². The van der Waals surface area contributed by atoms with Crippen molar-refractivity contribution in [2.75, 3.05) is 0 Å². The van der Waals surface area contributed by atoms with Crippen molar-refractivity contribution < 1.29 is 14.6 Å². The summed E-state index contributed by atoms with van der Waals surface area (Å²) in [5.41, 5.74) is 2.42. The van der Waals surface area contributed by atoms with Gasteiger partial charge in [-0.05, 0) is 44.2 Å². The number of hydrogen-bond donors (Lipinski definition) is 1. The normalized spacial score (nSPS) is 17.5. The predicted octanol–water partition coefficient (Wildman–Crippen LogP) is 4.32. The van der Waals surface area contributed by atoms with Gasteiger partial charge >= 0.3 is 5.97 Å². The summed E-state index contributed by atoms with van der Waals surface area (Å²) in [6, 6.07) is 11.3. The van der Waals surface area contributed by atoms with Crippen LogP contribution in [0.15, 0.2) is 36.4 Å². The molecule has 6 heteroatoms. The molecule has 0 spiro atoms. The topological polar surface area (TPSA) is 77.2 Å². The number of benzene rings is 1. The smallest absolute Gasteiger partial charge is 0.354 e. The molecule has 1 aromatic carbocycles. The van der Waals surface area contributed by atoms with Gasteiger partial charge in [0.15, 0.2) is 11.3 Å². The highest BCUT2D eigenvalue weighted by molar-refractivity contribution is 5.94. The van der Waals surface area contributed by atoms with Crippen LogP contribution < -0.4 is 4.74 Å². The van der Waals surface area contributed by atoms with Crippen molar-refractivity contribution in [2.45, 2.75) is 50.5 Å². The minimum atomic E-state index is -1.05. The number of rotatable bonds is 5. The number of carbonyl (C=O) groups is 1. The number of aromatic carboxylic acids is 1. The standard InChI is InChI=1S/C21H21N3O3/c25-21(26)16-12-17(27-15-10-5-11-15)18-19(13-6-4-7-13)23-24(20(18)22-16)14-8-2-1-3-9-14/h1-3,8-9,12-13,15H,4-7,10-11H2,(H,25,26). The average molecular weight is 363 g/mol. The summed E-state index contributed by atoms with van der Waals surface area (Å²) >= 11 is 0. The second kappa shape index (κ2) is 6.37. The molecule has 27 heavy (non-hydrogen) atoms. The first-order chi connectivity index (χ1) is 13.2. The minimum absolute atomic E-state index is 0.00550.